The molecule has 146 valence electrons. The molecule has 0 bridgehead atoms. The van der Waals surface area contributed by atoms with Crippen molar-refractivity contribution in [2.45, 2.75) is 43.0 Å². The Hall–Kier alpha value is -2.58. The van der Waals surface area contributed by atoms with Crippen molar-refractivity contribution >= 4 is 10.0 Å². The summed E-state index contributed by atoms with van der Waals surface area (Å²) in [4.78, 5) is 0.0528. The number of hydrogen-bond donors (Lipinski definition) is 1. The van der Waals surface area contributed by atoms with E-state index in [-0.39, 0.29) is 22.2 Å². The lowest BCUT2D eigenvalue weighted by Gasteiger charge is -2.20. The molecule has 1 saturated carbocycles. The Labute approximate surface area is 163 Å². The summed E-state index contributed by atoms with van der Waals surface area (Å²) in [6.45, 7) is 4.10. The van der Waals surface area contributed by atoms with Gasteiger partial charge in [0.15, 0.2) is 5.82 Å². The SMILES string of the molecule is CC(C)n1c(-c2ccc(S(N)(=O)=O)cc2)nnc1C1(c2ccc(F)cc2)CC1. The largest absolute Gasteiger partial charge is 0.308 e. The highest BCUT2D eigenvalue weighted by atomic mass is 32.2. The minimum absolute atomic E-state index is 0.0528. The van der Waals surface area contributed by atoms with Crippen LogP contribution in [0, 0.1) is 5.82 Å². The number of nitrogens with zero attached hydrogens (tertiary/aromatic N) is 3. The third-order valence-electron chi connectivity index (χ3n) is 5.23. The van der Waals surface area contributed by atoms with Crippen molar-refractivity contribution in [1.82, 2.24) is 14.8 Å². The van der Waals surface area contributed by atoms with E-state index >= 15 is 0 Å². The van der Waals surface area contributed by atoms with Crippen molar-refractivity contribution in [2.75, 3.05) is 0 Å². The molecule has 0 amide bonds. The third kappa shape index (κ3) is 3.12. The molecule has 1 heterocycles. The highest BCUT2D eigenvalue weighted by molar-refractivity contribution is 7.89. The monoisotopic (exact) mass is 400 g/mol. The number of benzene rings is 2. The van der Waals surface area contributed by atoms with Crippen molar-refractivity contribution in [3.63, 3.8) is 0 Å². The van der Waals surface area contributed by atoms with Crippen LogP contribution in [-0.2, 0) is 15.4 Å². The van der Waals surface area contributed by atoms with Gasteiger partial charge in [-0.15, -0.1) is 10.2 Å². The molecule has 1 fully saturated rings. The molecule has 8 heteroatoms. The number of nitrogens with two attached hydrogens (primary N) is 1. The van der Waals surface area contributed by atoms with Gasteiger partial charge >= 0.3 is 0 Å². The summed E-state index contributed by atoms with van der Waals surface area (Å²) in [5, 5.41) is 14.1. The van der Waals surface area contributed by atoms with E-state index in [1.807, 2.05) is 12.1 Å². The van der Waals surface area contributed by atoms with Crippen molar-refractivity contribution in [3.8, 4) is 11.4 Å². The molecule has 4 rings (SSSR count). The van der Waals surface area contributed by atoms with Gasteiger partial charge in [0, 0.05) is 11.6 Å². The third-order valence-corrected chi connectivity index (χ3v) is 6.16. The average molecular weight is 400 g/mol. The van der Waals surface area contributed by atoms with Crippen LogP contribution in [0.15, 0.2) is 53.4 Å². The van der Waals surface area contributed by atoms with E-state index in [2.05, 4.69) is 28.6 Å². The van der Waals surface area contributed by atoms with Crippen LogP contribution >= 0.6 is 0 Å². The maximum Gasteiger partial charge on any atom is 0.238 e. The zero-order chi connectivity index (χ0) is 20.1. The van der Waals surface area contributed by atoms with E-state index in [4.69, 9.17) is 5.14 Å². The first-order valence-corrected chi connectivity index (χ1v) is 10.6. The highest BCUT2D eigenvalue weighted by Gasteiger charge is 2.50. The predicted octanol–water partition coefficient (Wildman–Crippen LogP) is 3.39. The van der Waals surface area contributed by atoms with E-state index in [1.165, 1.54) is 24.3 Å². The summed E-state index contributed by atoms with van der Waals surface area (Å²) in [6, 6.07) is 13.0. The van der Waals surface area contributed by atoms with E-state index in [9.17, 15) is 12.8 Å². The Morgan fingerprint density at radius 2 is 1.64 bits per heavy atom. The fourth-order valence-electron chi connectivity index (χ4n) is 3.63. The van der Waals surface area contributed by atoms with Crippen molar-refractivity contribution < 1.29 is 12.8 Å². The summed E-state index contributed by atoms with van der Waals surface area (Å²) in [5.41, 5.74) is 1.53. The van der Waals surface area contributed by atoms with Gasteiger partial charge in [0.05, 0.1) is 10.3 Å². The molecular formula is C20H21FN4O2S. The van der Waals surface area contributed by atoms with Crippen LogP contribution in [-0.4, -0.2) is 23.2 Å². The van der Waals surface area contributed by atoms with Gasteiger partial charge in [0.25, 0.3) is 0 Å². The molecule has 3 aromatic rings. The van der Waals surface area contributed by atoms with Crippen LogP contribution in [0.3, 0.4) is 0 Å². The maximum atomic E-state index is 13.4. The van der Waals surface area contributed by atoms with Gasteiger partial charge in [-0.05, 0) is 68.7 Å². The zero-order valence-electron chi connectivity index (χ0n) is 15.6. The van der Waals surface area contributed by atoms with Crippen LogP contribution in [0.5, 0.6) is 0 Å². The summed E-state index contributed by atoms with van der Waals surface area (Å²) >= 11 is 0. The molecule has 0 saturated heterocycles. The summed E-state index contributed by atoms with van der Waals surface area (Å²) in [6.07, 6.45) is 1.85. The lowest BCUT2D eigenvalue weighted by atomic mass is 9.94. The van der Waals surface area contributed by atoms with Crippen LogP contribution < -0.4 is 5.14 Å². The molecular weight excluding hydrogens is 379 g/mol. The number of sulfonamides is 1. The van der Waals surface area contributed by atoms with E-state index in [0.717, 1.165) is 29.8 Å². The molecule has 0 unspecified atom stereocenters. The Bertz CT molecular complexity index is 1120. The van der Waals surface area contributed by atoms with Gasteiger partial charge in [-0.2, -0.15) is 0 Å². The molecule has 2 N–H and O–H groups in total. The first-order valence-electron chi connectivity index (χ1n) is 9.07. The minimum Gasteiger partial charge on any atom is -0.308 e. The Morgan fingerprint density at radius 1 is 1.04 bits per heavy atom. The van der Waals surface area contributed by atoms with Gasteiger partial charge in [-0.3, -0.25) is 0 Å². The van der Waals surface area contributed by atoms with Crippen molar-refractivity contribution in [3.05, 3.63) is 65.7 Å². The fraction of sp³-hybridized carbons (Fsp3) is 0.300. The highest BCUT2D eigenvalue weighted by Crippen LogP contribution is 2.53. The van der Waals surface area contributed by atoms with Crippen molar-refractivity contribution in [1.29, 1.82) is 0 Å². The lowest BCUT2D eigenvalue weighted by molar-refractivity contribution is 0.547. The summed E-state index contributed by atoms with van der Waals surface area (Å²) < 4.78 is 38.4. The van der Waals surface area contributed by atoms with E-state index in [0.29, 0.717) is 5.82 Å². The number of primary sulfonamides is 1. The second kappa shape index (κ2) is 6.49. The molecule has 0 aliphatic heterocycles. The second-order valence-electron chi connectivity index (χ2n) is 7.47. The van der Waals surface area contributed by atoms with E-state index < -0.39 is 10.0 Å². The molecule has 28 heavy (non-hydrogen) atoms. The molecule has 0 atom stereocenters. The van der Waals surface area contributed by atoms with Gasteiger partial charge in [-0.25, -0.2) is 17.9 Å². The molecule has 1 aromatic heterocycles. The predicted molar refractivity (Wildman–Crippen MR) is 104 cm³/mol. The van der Waals surface area contributed by atoms with Crippen LogP contribution in [0.25, 0.3) is 11.4 Å². The second-order valence-corrected chi connectivity index (χ2v) is 9.03. The zero-order valence-corrected chi connectivity index (χ0v) is 16.4. The van der Waals surface area contributed by atoms with Gasteiger partial charge in [0.2, 0.25) is 10.0 Å². The quantitative estimate of drug-likeness (QED) is 0.711. The van der Waals surface area contributed by atoms with Crippen LogP contribution in [0.2, 0.25) is 0 Å². The smallest absolute Gasteiger partial charge is 0.238 e. The standard InChI is InChI=1S/C20H21FN4O2S/c1-13(2)25-18(14-3-9-17(10-4-14)28(22,26)27)23-24-19(25)20(11-12-20)15-5-7-16(21)8-6-15/h3-10,13H,11-12H2,1-2H3,(H2,22,26,27). The Balaban J connectivity index is 1.80. The number of hydrogen-bond acceptors (Lipinski definition) is 4. The van der Waals surface area contributed by atoms with Gasteiger partial charge in [-0.1, -0.05) is 12.1 Å². The Kier molecular flexibility index (Phi) is 4.35. The summed E-state index contributed by atoms with van der Waals surface area (Å²) in [5.74, 6) is 1.25. The molecule has 2 aromatic carbocycles. The van der Waals surface area contributed by atoms with E-state index in [1.54, 1.807) is 12.1 Å². The molecule has 1 aliphatic rings. The minimum atomic E-state index is -3.75. The number of rotatable bonds is 5. The fourth-order valence-corrected chi connectivity index (χ4v) is 4.15. The average Bonchev–Trinajstić information content (AvgIpc) is 3.32. The van der Waals surface area contributed by atoms with Gasteiger partial charge < -0.3 is 4.57 Å². The van der Waals surface area contributed by atoms with Gasteiger partial charge in [0.1, 0.15) is 11.6 Å². The normalized spacial score (nSPS) is 15.8. The summed E-state index contributed by atoms with van der Waals surface area (Å²) in [7, 11) is -3.75. The Morgan fingerprint density at radius 3 is 2.14 bits per heavy atom. The van der Waals surface area contributed by atoms with Crippen LogP contribution in [0.4, 0.5) is 4.39 Å². The lowest BCUT2D eigenvalue weighted by Crippen LogP contribution is -2.18. The molecule has 6 nitrogen and oxygen atoms in total. The topological polar surface area (TPSA) is 90.9 Å². The number of aromatic nitrogens is 3. The maximum absolute atomic E-state index is 13.4. The number of halogens is 1. The molecule has 1 aliphatic carbocycles. The first kappa shape index (κ1) is 18.8. The molecule has 0 spiro atoms. The molecule has 0 radical (unpaired) electrons. The van der Waals surface area contributed by atoms with Crippen molar-refractivity contribution in [2.24, 2.45) is 5.14 Å². The first-order chi connectivity index (χ1) is 13.2. The van der Waals surface area contributed by atoms with Crippen LogP contribution in [0.1, 0.15) is 44.1 Å².